The zero-order valence-electron chi connectivity index (χ0n) is 15.8. The van der Waals surface area contributed by atoms with Gasteiger partial charge < -0.3 is 14.0 Å². The predicted octanol–water partition coefficient (Wildman–Crippen LogP) is 1.45. The lowest BCUT2D eigenvalue weighted by molar-refractivity contribution is -0.141. The first-order valence-electron chi connectivity index (χ1n) is 8.22. The number of esters is 2. The van der Waals surface area contributed by atoms with Crippen molar-refractivity contribution in [2.45, 2.75) is 13.5 Å². The van der Waals surface area contributed by atoms with Crippen LogP contribution in [0.1, 0.15) is 26.4 Å². The molecule has 0 radical (unpaired) electrons. The number of amides is 1. The van der Waals surface area contributed by atoms with E-state index in [9.17, 15) is 14.4 Å². The van der Waals surface area contributed by atoms with Crippen LogP contribution in [0.5, 0.6) is 0 Å². The molecule has 3 rings (SSSR count). The first-order valence-corrected chi connectivity index (χ1v) is 9.03. The minimum Gasteiger partial charge on any atom is -0.468 e. The Kier molecular flexibility index (Phi) is 5.41. The molecule has 0 saturated heterocycles. The number of nitrogens with zero attached hydrogens (tertiary/aromatic N) is 4. The van der Waals surface area contributed by atoms with Gasteiger partial charge in [0.15, 0.2) is 4.80 Å². The lowest BCUT2D eigenvalue weighted by Crippen LogP contribution is -2.23. The highest BCUT2D eigenvalue weighted by Gasteiger charge is 2.17. The highest BCUT2D eigenvalue weighted by atomic mass is 32.1. The molecule has 0 aliphatic heterocycles. The van der Waals surface area contributed by atoms with Crippen LogP contribution in [0, 0.1) is 6.92 Å². The molecule has 10 heteroatoms. The van der Waals surface area contributed by atoms with E-state index >= 15 is 0 Å². The van der Waals surface area contributed by atoms with Gasteiger partial charge in [0.05, 0.1) is 36.2 Å². The van der Waals surface area contributed by atoms with E-state index in [-0.39, 0.29) is 6.54 Å². The van der Waals surface area contributed by atoms with E-state index in [1.54, 1.807) is 42.9 Å². The number of benzene rings is 1. The number of aromatic nitrogens is 3. The molecule has 0 aliphatic rings. The largest absolute Gasteiger partial charge is 0.468 e. The minimum absolute atomic E-state index is 0.120. The summed E-state index contributed by atoms with van der Waals surface area (Å²) in [5.74, 6) is -1.44. The topological polar surface area (TPSA) is 105 Å². The molecule has 2 aromatic heterocycles. The fraction of sp³-hybridized carbons (Fsp3) is 0.278. The van der Waals surface area contributed by atoms with Crippen molar-refractivity contribution in [3.05, 3.63) is 46.0 Å². The average Bonchev–Trinajstić information content (AvgIpc) is 3.19. The third-order valence-electron chi connectivity index (χ3n) is 4.14. The molecular formula is C18H18N4O5S. The number of methoxy groups -OCH3 is 2. The number of ether oxygens (including phenoxy) is 2. The summed E-state index contributed by atoms with van der Waals surface area (Å²) in [5.41, 5.74) is 2.07. The summed E-state index contributed by atoms with van der Waals surface area (Å²) >= 11 is 1.19. The molecule has 0 unspecified atom stereocenters. The number of hydrogen-bond donors (Lipinski definition) is 0. The van der Waals surface area contributed by atoms with Gasteiger partial charge in [0, 0.05) is 12.6 Å². The van der Waals surface area contributed by atoms with Gasteiger partial charge in [-0.15, -0.1) is 0 Å². The maximum absolute atomic E-state index is 12.7. The summed E-state index contributed by atoms with van der Waals surface area (Å²) in [6, 6.07) is 4.91. The fourth-order valence-electron chi connectivity index (χ4n) is 2.74. The number of thiazole rings is 1. The van der Waals surface area contributed by atoms with Crippen LogP contribution in [0.2, 0.25) is 0 Å². The Morgan fingerprint density at radius 1 is 1.21 bits per heavy atom. The van der Waals surface area contributed by atoms with E-state index in [1.807, 2.05) is 0 Å². The first kappa shape index (κ1) is 19.5. The second-order valence-electron chi connectivity index (χ2n) is 5.94. The van der Waals surface area contributed by atoms with Crippen LogP contribution in [0.15, 0.2) is 29.4 Å². The third-order valence-corrected chi connectivity index (χ3v) is 5.18. The van der Waals surface area contributed by atoms with Crippen molar-refractivity contribution >= 4 is 39.4 Å². The second-order valence-corrected chi connectivity index (χ2v) is 6.95. The monoisotopic (exact) mass is 402 g/mol. The van der Waals surface area contributed by atoms with E-state index in [4.69, 9.17) is 9.47 Å². The molecule has 28 heavy (non-hydrogen) atoms. The number of aryl methyl sites for hydroxylation is 2. The van der Waals surface area contributed by atoms with Gasteiger partial charge in [-0.25, -0.2) is 4.79 Å². The van der Waals surface area contributed by atoms with Crippen LogP contribution < -0.4 is 4.80 Å². The first-order chi connectivity index (χ1) is 13.3. The lowest BCUT2D eigenvalue weighted by Gasteiger charge is -2.04. The molecule has 0 saturated carbocycles. The Morgan fingerprint density at radius 2 is 1.96 bits per heavy atom. The van der Waals surface area contributed by atoms with Crippen LogP contribution in [-0.4, -0.2) is 46.4 Å². The SMILES string of the molecule is COC(=O)Cn1c(=NC(=O)c2c(C)cnn2C)sc2cc(C(=O)OC)ccc21. The Morgan fingerprint density at radius 3 is 2.57 bits per heavy atom. The minimum atomic E-state index is -0.484. The van der Waals surface area contributed by atoms with Gasteiger partial charge >= 0.3 is 11.9 Å². The van der Waals surface area contributed by atoms with Crippen molar-refractivity contribution in [2.24, 2.45) is 12.0 Å². The number of rotatable bonds is 4. The molecule has 0 bridgehead atoms. The molecule has 0 atom stereocenters. The summed E-state index contributed by atoms with van der Waals surface area (Å²) in [6.07, 6.45) is 1.58. The maximum Gasteiger partial charge on any atom is 0.337 e. The molecule has 1 amide bonds. The second kappa shape index (κ2) is 7.77. The summed E-state index contributed by atoms with van der Waals surface area (Å²) in [7, 11) is 4.24. The van der Waals surface area contributed by atoms with Crippen molar-refractivity contribution in [3.8, 4) is 0 Å². The van der Waals surface area contributed by atoms with Gasteiger partial charge in [-0.2, -0.15) is 10.1 Å². The molecule has 0 aliphatic carbocycles. The zero-order chi connectivity index (χ0) is 20.4. The average molecular weight is 402 g/mol. The number of carbonyl (C=O) groups excluding carboxylic acids is 3. The van der Waals surface area contributed by atoms with Gasteiger partial charge in [0.2, 0.25) is 0 Å². The molecule has 1 aromatic carbocycles. The molecule has 0 N–H and O–H groups in total. The lowest BCUT2D eigenvalue weighted by atomic mass is 10.2. The molecule has 0 fully saturated rings. The summed E-state index contributed by atoms with van der Waals surface area (Å²) in [6.45, 7) is 1.65. The van der Waals surface area contributed by atoms with Crippen LogP contribution in [-0.2, 0) is 27.9 Å². The van der Waals surface area contributed by atoms with Crippen LogP contribution in [0.3, 0.4) is 0 Å². The van der Waals surface area contributed by atoms with Gasteiger partial charge in [-0.1, -0.05) is 11.3 Å². The standard InChI is InChI=1S/C18H18N4O5S/c1-10-8-19-21(2)15(10)16(24)20-18-22(9-14(23)26-3)12-6-5-11(17(25)27-4)7-13(12)28-18/h5-8H,9H2,1-4H3. The Balaban J connectivity index is 2.19. The number of fused-ring (bicyclic) bond motifs is 1. The van der Waals surface area contributed by atoms with Gasteiger partial charge in [-0.3, -0.25) is 14.3 Å². The summed E-state index contributed by atoms with van der Waals surface area (Å²) in [5, 5.41) is 4.05. The van der Waals surface area contributed by atoms with Crippen molar-refractivity contribution in [3.63, 3.8) is 0 Å². The number of hydrogen-bond acceptors (Lipinski definition) is 7. The Bertz CT molecular complexity index is 1140. The highest BCUT2D eigenvalue weighted by Crippen LogP contribution is 2.20. The normalized spacial score (nSPS) is 11.6. The molecule has 0 spiro atoms. The maximum atomic E-state index is 12.7. The van der Waals surface area contributed by atoms with Crippen LogP contribution in [0.25, 0.3) is 10.2 Å². The van der Waals surface area contributed by atoms with E-state index < -0.39 is 17.8 Å². The molecule has 9 nitrogen and oxygen atoms in total. The van der Waals surface area contributed by atoms with E-state index in [2.05, 4.69) is 10.1 Å². The smallest absolute Gasteiger partial charge is 0.337 e. The summed E-state index contributed by atoms with van der Waals surface area (Å²) < 4.78 is 13.2. The number of carbonyl (C=O) groups is 3. The van der Waals surface area contributed by atoms with Crippen molar-refractivity contribution in [1.82, 2.24) is 14.3 Å². The summed E-state index contributed by atoms with van der Waals surface area (Å²) in [4.78, 5) is 40.9. The van der Waals surface area contributed by atoms with Crippen molar-refractivity contribution in [1.29, 1.82) is 0 Å². The molecule has 3 aromatic rings. The van der Waals surface area contributed by atoms with Crippen molar-refractivity contribution < 1.29 is 23.9 Å². The van der Waals surface area contributed by atoms with Gasteiger partial charge in [0.25, 0.3) is 5.91 Å². The molecule has 2 heterocycles. The Hall–Kier alpha value is -3.27. The van der Waals surface area contributed by atoms with E-state index in [1.165, 1.54) is 30.2 Å². The third kappa shape index (κ3) is 3.58. The Labute approximate surface area is 163 Å². The highest BCUT2D eigenvalue weighted by molar-refractivity contribution is 7.16. The van der Waals surface area contributed by atoms with Gasteiger partial charge in [0.1, 0.15) is 12.2 Å². The molecular weight excluding hydrogens is 384 g/mol. The van der Waals surface area contributed by atoms with E-state index in [0.717, 1.165) is 0 Å². The van der Waals surface area contributed by atoms with Crippen LogP contribution in [0.4, 0.5) is 0 Å². The quantitative estimate of drug-likeness (QED) is 0.612. The predicted molar refractivity (Wildman–Crippen MR) is 101 cm³/mol. The molecule has 146 valence electrons. The van der Waals surface area contributed by atoms with Crippen LogP contribution >= 0.6 is 11.3 Å². The zero-order valence-corrected chi connectivity index (χ0v) is 16.6. The van der Waals surface area contributed by atoms with Crippen molar-refractivity contribution in [2.75, 3.05) is 14.2 Å². The van der Waals surface area contributed by atoms with E-state index in [0.29, 0.717) is 31.8 Å². The van der Waals surface area contributed by atoms with Gasteiger partial charge in [-0.05, 0) is 25.1 Å². The fourth-order valence-corrected chi connectivity index (χ4v) is 3.81.